The molecule has 0 unspecified atom stereocenters. The maximum atomic E-state index is 12.6. The first kappa shape index (κ1) is 13.4. The van der Waals surface area contributed by atoms with Gasteiger partial charge in [0.2, 0.25) is 0 Å². The summed E-state index contributed by atoms with van der Waals surface area (Å²) in [5.41, 5.74) is 1.31. The van der Waals surface area contributed by atoms with Crippen molar-refractivity contribution in [2.24, 2.45) is 0 Å². The van der Waals surface area contributed by atoms with Crippen molar-refractivity contribution in [1.82, 2.24) is 4.98 Å². The van der Waals surface area contributed by atoms with E-state index in [1.807, 2.05) is 6.92 Å². The predicted octanol–water partition coefficient (Wildman–Crippen LogP) is 3.52. The molecule has 0 aliphatic rings. The summed E-state index contributed by atoms with van der Waals surface area (Å²) in [5.74, 6) is -0.468. The normalized spacial score (nSPS) is 11.0. The Morgan fingerprint density at radius 1 is 1.37 bits per heavy atom. The van der Waals surface area contributed by atoms with Crippen molar-refractivity contribution in [2.75, 3.05) is 7.11 Å². The van der Waals surface area contributed by atoms with Gasteiger partial charge in [-0.2, -0.15) is 0 Å². The van der Waals surface area contributed by atoms with E-state index < -0.39 is 12.4 Å². The molecule has 1 aromatic heterocycles. The van der Waals surface area contributed by atoms with Crippen LogP contribution in [0.15, 0.2) is 24.3 Å². The third-order valence-corrected chi connectivity index (χ3v) is 2.91. The molecule has 2 rings (SSSR count). The minimum atomic E-state index is -2.53. The van der Waals surface area contributed by atoms with Gasteiger partial charge in [-0.05, 0) is 18.6 Å². The van der Waals surface area contributed by atoms with E-state index in [0.717, 1.165) is 0 Å². The fourth-order valence-corrected chi connectivity index (χ4v) is 1.92. The summed E-state index contributed by atoms with van der Waals surface area (Å²) < 4.78 is 30.0. The van der Waals surface area contributed by atoms with E-state index in [9.17, 15) is 13.6 Å². The van der Waals surface area contributed by atoms with Gasteiger partial charge >= 0.3 is 5.97 Å². The van der Waals surface area contributed by atoms with E-state index >= 15 is 0 Å². The number of methoxy groups -OCH3 is 1. The van der Waals surface area contributed by atoms with Crippen LogP contribution in [0.1, 0.15) is 35.0 Å². The number of alkyl halides is 2. The van der Waals surface area contributed by atoms with Crippen LogP contribution in [0.5, 0.6) is 0 Å². The van der Waals surface area contributed by atoms with Gasteiger partial charge in [0.05, 0.1) is 23.9 Å². The average Bonchev–Trinajstić information content (AvgIpc) is 2.44. The van der Waals surface area contributed by atoms with Crippen LogP contribution in [-0.2, 0) is 11.2 Å². The largest absolute Gasteiger partial charge is 0.465 e. The molecule has 1 aromatic carbocycles. The highest BCUT2D eigenvalue weighted by Gasteiger charge is 2.15. The molecular weight excluding hydrogens is 252 g/mol. The van der Waals surface area contributed by atoms with Crippen LogP contribution in [0.25, 0.3) is 10.9 Å². The minimum absolute atomic E-state index is 0.0760. The highest BCUT2D eigenvalue weighted by Crippen LogP contribution is 2.24. The highest BCUT2D eigenvalue weighted by atomic mass is 19.3. The van der Waals surface area contributed by atoms with Gasteiger partial charge in [0.1, 0.15) is 0 Å². The summed E-state index contributed by atoms with van der Waals surface area (Å²) >= 11 is 0. The molecule has 1 heterocycles. The lowest BCUT2D eigenvalue weighted by Gasteiger charge is -2.08. The van der Waals surface area contributed by atoms with Crippen molar-refractivity contribution in [1.29, 1.82) is 0 Å². The quantitative estimate of drug-likeness (QED) is 0.797. The van der Waals surface area contributed by atoms with E-state index in [2.05, 4.69) is 4.98 Å². The molecule has 0 saturated carbocycles. The summed E-state index contributed by atoms with van der Waals surface area (Å²) in [6.07, 6.45) is -2.00. The van der Waals surface area contributed by atoms with Crippen molar-refractivity contribution in [3.8, 4) is 0 Å². The third-order valence-electron chi connectivity index (χ3n) is 2.91. The van der Waals surface area contributed by atoms with Crippen LogP contribution in [0.2, 0.25) is 0 Å². The van der Waals surface area contributed by atoms with Crippen molar-refractivity contribution >= 4 is 16.9 Å². The van der Waals surface area contributed by atoms with Crippen LogP contribution >= 0.6 is 0 Å². The van der Waals surface area contributed by atoms with Gasteiger partial charge in [0, 0.05) is 10.9 Å². The molecule has 3 nitrogen and oxygen atoms in total. The van der Waals surface area contributed by atoms with E-state index in [4.69, 9.17) is 4.74 Å². The molecule has 2 aromatic rings. The van der Waals surface area contributed by atoms with E-state index in [1.165, 1.54) is 25.3 Å². The summed E-state index contributed by atoms with van der Waals surface area (Å²) in [6.45, 7) is 1.84. The maximum Gasteiger partial charge on any atom is 0.339 e. The second kappa shape index (κ2) is 5.30. The fourth-order valence-electron chi connectivity index (χ4n) is 1.92. The SMILES string of the molecule is CCc1nc2cc(C(F)F)ccc2cc1C(=O)OC. The predicted molar refractivity (Wildman–Crippen MR) is 67.4 cm³/mol. The zero-order valence-corrected chi connectivity index (χ0v) is 10.6. The number of fused-ring (bicyclic) bond motifs is 1. The number of hydrogen-bond acceptors (Lipinski definition) is 3. The van der Waals surface area contributed by atoms with Crippen LogP contribution < -0.4 is 0 Å². The van der Waals surface area contributed by atoms with Crippen molar-refractivity contribution in [2.45, 2.75) is 19.8 Å². The van der Waals surface area contributed by atoms with Gasteiger partial charge in [-0.15, -0.1) is 0 Å². The molecule has 5 heteroatoms. The zero-order valence-electron chi connectivity index (χ0n) is 10.6. The van der Waals surface area contributed by atoms with Gasteiger partial charge < -0.3 is 4.74 Å². The Labute approximate surface area is 109 Å². The maximum absolute atomic E-state index is 12.6. The van der Waals surface area contributed by atoms with Crippen molar-refractivity contribution in [3.63, 3.8) is 0 Å². The number of ether oxygens (including phenoxy) is 1. The summed E-state index contributed by atoms with van der Waals surface area (Å²) in [6, 6.07) is 5.85. The number of aryl methyl sites for hydroxylation is 1. The number of carbonyl (C=O) groups is 1. The first-order valence-corrected chi connectivity index (χ1v) is 5.86. The monoisotopic (exact) mass is 265 g/mol. The van der Waals surface area contributed by atoms with Crippen LogP contribution in [0.3, 0.4) is 0 Å². The Morgan fingerprint density at radius 2 is 2.11 bits per heavy atom. The molecule has 0 aliphatic heterocycles. The second-order valence-corrected chi connectivity index (χ2v) is 4.08. The van der Waals surface area contributed by atoms with E-state index in [0.29, 0.717) is 28.6 Å². The number of halogens is 2. The van der Waals surface area contributed by atoms with Gasteiger partial charge in [0.15, 0.2) is 0 Å². The minimum Gasteiger partial charge on any atom is -0.465 e. The summed E-state index contributed by atoms with van der Waals surface area (Å²) in [7, 11) is 1.30. The Kier molecular flexibility index (Phi) is 3.74. The number of nitrogens with zero attached hydrogens (tertiary/aromatic N) is 1. The Balaban J connectivity index is 2.63. The number of pyridine rings is 1. The van der Waals surface area contributed by atoms with Gasteiger partial charge in [-0.25, -0.2) is 13.6 Å². The fraction of sp³-hybridized carbons (Fsp3) is 0.286. The van der Waals surface area contributed by atoms with Crippen molar-refractivity contribution in [3.05, 3.63) is 41.1 Å². The molecule has 0 bridgehead atoms. The highest BCUT2D eigenvalue weighted by molar-refractivity contribution is 5.95. The molecule has 100 valence electrons. The molecule has 19 heavy (non-hydrogen) atoms. The molecule has 0 spiro atoms. The first-order chi connectivity index (χ1) is 9.06. The van der Waals surface area contributed by atoms with E-state index in [-0.39, 0.29) is 5.56 Å². The average molecular weight is 265 g/mol. The number of esters is 1. The lowest BCUT2D eigenvalue weighted by Crippen LogP contribution is -2.07. The first-order valence-electron chi connectivity index (χ1n) is 5.86. The van der Waals surface area contributed by atoms with Crippen LogP contribution in [0.4, 0.5) is 8.78 Å². The second-order valence-electron chi connectivity index (χ2n) is 4.08. The molecule has 0 aliphatic carbocycles. The summed E-state index contributed by atoms with van der Waals surface area (Å²) in [5, 5.41) is 0.641. The number of carbonyl (C=O) groups excluding carboxylic acids is 1. The number of rotatable bonds is 3. The Bertz CT molecular complexity index is 626. The topological polar surface area (TPSA) is 39.2 Å². The summed E-state index contributed by atoms with van der Waals surface area (Å²) in [4.78, 5) is 15.9. The lowest BCUT2D eigenvalue weighted by molar-refractivity contribution is 0.0599. The molecule has 0 radical (unpaired) electrons. The van der Waals surface area contributed by atoms with E-state index in [1.54, 1.807) is 6.07 Å². The van der Waals surface area contributed by atoms with Gasteiger partial charge in [0.25, 0.3) is 6.43 Å². The van der Waals surface area contributed by atoms with Gasteiger partial charge in [-0.3, -0.25) is 4.98 Å². The molecule has 0 N–H and O–H groups in total. The molecule has 0 atom stereocenters. The van der Waals surface area contributed by atoms with Crippen LogP contribution in [-0.4, -0.2) is 18.1 Å². The Morgan fingerprint density at radius 3 is 2.68 bits per heavy atom. The molecule has 0 fully saturated rings. The van der Waals surface area contributed by atoms with Gasteiger partial charge in [-0.1, -0.05) is 19.1 Å². The Hall–Kier alpha value is -2.04. The molecule has 0 amide bonds. The lowest BCUT2D eigenvalue weighted by atomic mass is 10.1. The number of benzene rings is 1. The standard InChI is InChI=1S/C14H13F2NO2/c1-3-11-10(14(18)19-2)6-8-4-5-9(13(15)16)7-12(8)17-11/h4-7,13H,3H2,1-2H3. The van der Waals surface area contributed by atoms with Crippen LogP contribution in [0, 0.1) is 0 Å². The number of hydrogen-bond donors (Lipinski definition) is 0. The number of aromatic nitrogens is 1. The smallest absolute Gasteiger partial charge is 0.339 e. The third kappa shape index (κ3) is 2.54. The molecule has 0 saturated heterocycles. The van der Waals surface area contributed by atoms with Crippen molar-refractivity contribution < 1.29 is 18.3 Å². The molecular formula is C14H13F2NO2. The zero-order chi connectivity index (χ0) is 14.0.